The highest BCUT2D eigenvalue weighted by molar-refractivity contribution is 6.05. The van der Waals surface area contributed by atoms with Crippen LogP contribution in [0, 0.1) is 6.92 Å². The minimum absolute atomic E-state index is 0.0387. The molecule has 3 amide bonds. The Kier molecular flexibility index (Phi) is 4.22. The summed E-state index contributed by atoms with van der Waals surface area (Å²) in [5.74, 6) is -0.687. The van der Waals surface area contributed by atoms with Crippen LogP contribution < -0.4 is 16.4 Å². The second kappa shape index (κ2) is 6.08. The molecule has 0 spiro atoms. The third-order valence-corrected chi connectivity index (χ3v) is 2.96. The maximum atomic E-state index is 12.0. The fourth-order valence-corrected chi connectivity index (χ4v) is 1.85. The van der Waals surface area contributed by atoms with E-state index < -0.39 is 11.9 Å². The first kappa shape index (κ1) is 14.6. The van der Waals surface area contributed by atoms with Crippen LogP contribution in [0.3, 0.4) is 0 Å². The fraction of sp³-hybridized carbons (Fsp3) is 0.214. The van der Waals surface area contributed by atoms with Gasteiger partial charge in [0.15, 0.2) is 5.69 Å². The number of nitrogens with two attached hydrogens (primary N) is 1. The molecule has 0 radical (unpaired) electrons. The molecule has 1 aromatic carbocycles. The summed E-state index contributed by atoms with van der Waals surface area (Å²) in [7, 11) is 0. The second-order valence-electron chi connectivity index (χ2n) is 4.51. The Labute approximate surface area is 122 Å². The minimum Gasteiger partial charge on any atom is -0.364 e. The molecule has 0 saturated heterocycles. The van der Waals surface area contributed by atoms with E-state index in [0.29, 0.717) is 12.2 Å². The number of aryl methyl sites for hydroxylation is 2. The number of carbonyl (C=O) groups is 2. The van der Waals surface area contributed by atoms with Gasteiger partial charge in [-0.2, -0.15) is 5.10 Å². The average Bonchev–Trinajstić information content (AvgIpc) is 2.84. The molecule has 1 heterocycles. The average molecular weight is 287 g/mol. The first-order valence-corrected chi connectivity index (χ1v) is 6.52. The number of nitrogens with zero attached hydrogens (tertiary/aromatic N) is 2. The van der Waals surface area contributed by atoms with Gasteiger partial charge in [-0.15, -0.1) is 0 Å². The van der Waals surface area contributed by atoms with Crippen molar-refractivity contribution in [1.29, 1.82) is 0 Å². The van der Waals surface area contributed by atoms with Crippen LogP contribution in [0.15, 0.2) is 30.5 Å². The quantitative estimate of drug-likeness (QED) is 0.800. The number of anilines is 2. The van der Waals surface area contributed by atoms with E-state index in [4.69, 9.17) is 5.73 Å². The van der Waals surface area contributed by atoms with Crippen molar-refractivity contribution in [2.75, 3.05) is 10.6 Å². The predicted molar refractivity (Wildman–Crippen MR) is 80.2 cm³/mol. The minimum atomic E-state index is -0.687. The molecule has 0 aliphatic rings. The lowest BCUT2D eigenvalue weighted by Crippen LogP contribution is -2.22. The Morgan fingerprint density at radius 1 is 1.24 bits per heavy atom. The van der Waals surface area contributed by atoms with Crippen LogP contribution in [0.1, 0.15) is 23.0 Å². The molecule has 2 aromatic rings. The standard InChI is InChI=1S/C14H17N5O2/c1-3-19-8-11(12(18-19)13(15)20)17-14(21)16-10-7-5-4-6-9(10)2/h4-8H,3H2,1-2H3,(H2,15,20)(H2,16,17,21). The van der Waals surface area contributed by atoms with Gasteiger partial charge in [0.1, 0.15) is 0 Å². The molecule has 1 aromatic heterocycles. The van der Waals surface area contributed by atoms with E-state index in [-0.39, 0.29) is 11.4 Å². The summed E-state index contributed by atoms with van der Waals surface area (Å²) in [6, 6.07) is 6.93. The summed E-state index contributed by atoms with van der Waals surface area (Å²) in [5.41, 5.74) is 7.20. The topological polar surface area (TPSA) is 102 Å². The van der Waals surface area contributed by atoms with Crippen molar-refractivity contribution in [3.05, 3.63) is 41.7 Å². The van der Waals surface area contributed by atoms with Gasteiger partial charge in [0.2, 0.25) is 0 Å². The highest BCUT2D eigenvalue weighted by atomic mass is 16.2. The van der Waals surface area contributed by atoms with E-state index in [1.54, 1.807) is 12.3 Å². The zero-order valence-electron chi connectivity index (χ0n) is 11.9. The van der Waals surface area contributed by atoms with Crippen molar-refractivity contribution in [3.63, 3.8) is 0 Å². The maximum absolute atomic E-state index is 12.0. The number of amides is 3. The third kappa shape index (κ3) is 3.38. The number of hydrogen-bond acceptors (Lipinski definition) is 3. The monoisotopic (exact) mass is 287 g/mol. The molecule has 0 aliphatic heterocycles. The number of aromatic nitrogens is 2. The van der Waals surface area contributed by atoms with Gasteiger partial charge in [0.05, 0.1) is 5.69 Å². The molecule has 4 N–H and O–H groups in total. The number of benzene rings is 1. The van der Waals surface area contributed by atoms with Crippen LogP contribution in [-0.2, 0) is 6.54 Å². The van der Waals surface area contributed by atoms with Gasteiger partial charge < -0.3 is 16.4 Å². The number of rotatable bonds is 4. The summed E-state index contributed by atoms with van der Waals surface area (Å²) in [4.78, 5) is 23.3. The van der Waals surface area contributed by atoms with Crippen molar-refractivity contribution in [1.82, 2.24) is 9.78 Å². The molecule has 0 unspecified atom stereocenters. The molecule has 110 valence electrons. The molecular formula is C14H17N5O2. The SMILES string of the molecule is CCn1cc(NC(=O)Nc2ccccc2C)c(C(N)=O)n1. The van der Waals surface area contributed by atoms with Crippen LogP contribution in [0.5, 0.6) is 0 Å². The molecular weight excluding hydrogens is 270 g/mol. The number of urea groups is 1. The van der Waals surface area contributed by atoms with Crippen LogP contribution in [0.4, 0.5) is 16.2 Å². The molecule has 21 heavy (non-hydrogen) atoms. The Bertz CT molecular complexity index is 678. The fourth-order valence-electron chi connectivity index (χ4n) is 1.85. The lowest BCUT2D eigenvalue weighted by molar-refractivity contribution is 0.0995. The van der Waals surface area contributed by atoms with Crippen molar-refractivity contribution in [3.8, 4) is 0 Å². The summed E-state index contributed by atoms with van der Waals surface area (Å²) >= 11 is 0. The molecule has 0 fully saturated rings. The Morgan fingerprint density at radius 2 is 1.90 bits per heavy atom. The van der Waals surface area contributed by atoms with Crippen LogP contribution in [0.2, 0.25) is 0 Å². The lowest BCUT2D eigenvalue weighted by atomic mass is 10.2. The highest BCUT2D eigenvalue weighted by Crippen LogP contribution is 2.16. The summed E-state index contributed by atoms with van der Waals surface area (Å²) in [6.45, 7) is 4.33. The van der Waals surface area contributed by atoms with E-state index in [2.05, 4.69) is 15.7 Å². The second-order valence-corrected chi connectivity index (χ2v) is 4.51. The van der Waals surface area contributed by atoms with E-state index in [1.807, 2.05) is 32.0 Å². The Morgan fingerprint density at radius 3 is 2.52 bits per heavy atom. The zero-order valence-corrected chi connectivity index (χ0v) is 11.9. The first-order valence-electron chi connectivity index (χ1n) is 6.52. The molecule has 7 heteroatoms. The summed E-state index contributed by atoms with van der Waals surface area (Å²) in [5, 5.41) is 9.31. The first-order chi connectivity index (χ1) is 10.0. The van der Waals surface area contributed by atoms with Crippen molar-refractivity contribution >= 4 is 23.3 Å². The summed E-state index contributed by atoms with van der Waals surface area (Å²) in [6.07, 6.45) is 1.57. The molecule has 0 aliphatic carbocycles. The maximum Gasteiger partial charge on any atom is 0.323 e. The largest absolute Gasteiger partial charge is 0.364 e. The number of primary amides is 1. The van der Waals surface area contributed by atoms with Gasteiger partial charge in [-0.1, -0.05) is 18.2 Å². The van der Waals surface area contributed by atoms with Crippen LogP contribution >= 0.6 is 0 Å². The lowest BCUT2D eigenvalue weighted by Gasteiger charge is -2.08. The molecule has 0 bridgehead atoms. The van der Waals surface area contributed by atoms with Gasteiger partial charge in [0.25, 0.3) is 5.91 Å². The predicted octanol–water partition coefficient (Wildman–Crippen LogP) is 1.95. The number of carbonyl (C=O) groups excluding carboxylic acids is 2. The molecule has 0 atom stereocenters. The van der Waals surface area contributed by atoms with Gasteiger partial charge in [-0.25, -0.2) is 4.79 Å². The van der Waals surface area contributed by atoms with Gasteiger partial charge in [0, 0.05) is 18.4 Å². The Balaban J connectivity index is 2.14. The smallest absolute Gasteiger partial charge is 0.323 e. The molecule has 0 saturated carbocycles. The molecule has 7 nitrogen and oxygen atoms in total. The Hall–Kier alpha value is -2.83. The van der Waals surface area contributed by atoms with Crippen molar-refractivity contribution in [2.45, 2.75) is 20.4 Å². The number of nitrogens with one attached hydrogen (secondary N) is 2. The van der Waals surface area contributed by atoms with Crippen molar-refractivity contribution in [2.24, 2.45) is 5.73 Å². The van der Waals surface area contributed by atoms with E-state index in [9.17, 15) is 9.59 Å². The van der Waals surface area contributed by atoms with Gasteiger partial charge >= 0.3 is 6.03 Å². The summed E-state index contributed by atoms with van der Waals surface area (Å²) < 4.78 is 1.53. The highest BCUT2D eigenvalue weighted by Gasteiger charge is 2.16. The van der Waals surface area contributed by atoms with Gasteiger partial charge in [-0.05, 0) is 25.5 Å². The van der Waals surface area contributed by atoms with Gasteiger partial charge in [-0.3, -0.25) is 9.48 Å². The van der Waals surface area contributed by atoms with E-state index in [0.717, 1.165) is 5.56 Å². The number of hydrogen-bond donors (Lipinski definition) is 3. The van der Waals surface area contributed by atoms with Crippen molar-refractivity contribution < 1.29 is 9.59 Å². The zero-order chi connectivity index (χ0) is 15.4. The molecule has 2 rings (SSSR count). The van der Waals surface area contributed by atoms with Crippen LogP contribution in [0.25, 0.3) is 0 Å². The number of para-hydroxylation sites is 1. The van der Waals surface area contributed by atoms with Crippen LogP contribution in [-0.4, -0.2) is 21.7 Å². The van der Waals surface area contributed by atoms with E-state index in [1.165, 1.54) is 4.68 Å². The van der Waals surface area contributed by atoms with E-state index >= 15 is 0 Å². The normalized spacial score (nSPS) is 10.2. The third-order valence-electron chi connectivity index (χ3n) is 2.96.